The lowest BCUT2D eigenvalue weighted by atomic mass is 9.75. The Bertz CT molecular complexity index is 834. The zero-order chi connectivity index (χ0) is 14.6. The predicted molar refractivity (Wildman–Crippen MR) is 87.3 cm³/mol. The van der Waals surface area contributed by atoms with Crippen LogP contribution < -0.4 is 0 Å². The zero-order valence-corrected chi connectivity index (χ0v) is 12.4. The van der Waals surface area contributed by atoms with E-state index in [0.717, 1.165) is 12.0 Å². The molecule has 1 aliphatic rings. The van der Waals surface area contributed by atoms with Crippen LogP contribution in [0.15, 0.2) is 48.5 Å². The van der Waals surface area contributed by atoms with Crippen LogP contribution in [0, 0.1) is 11.8 Å². The number of rotatable bonds is 0. The van der Waals surface area contributed by atoms with Gasteiger partial charge in [-0.1, -0.05) is 62.4 Å². The summed E-state index contributed by atoms with van der Waals surface area (Å²) >= 11 is 0. The Morgan fingerprint density at radius 2 is 1.62 bits per heavy atom. The van der Waals surface area contributed by atoms with Crippen LogP contribution in [-0.4, -0.2) is 0 Å². The Kier molecular flexibility index (Phi) is 2.78. The van der Waals surface area contributed by atoms with Crippen LogP contribution in [0.4, 0.5) is 4.39 Å². The molecule has 3 aromatic rings. The Morgan fingerprint density at radius 1 is 0.857 bits per heavy atom. The summed E-state index contributed by atoms with van der Waals surface area (Å²) in [6.45, 7) is 4.20. The summed E-state index contributed by atoms with van der Waals surface area (Å²) in [4.78, 5) is 0. The molecule has 3 aromatic carbocycles. The van der Waals surface area contributed by atoms with Crippen molar-refractivity contribution in [1.29, 1.82) is 0 Å². The fraction of sp³-hybridized carbons (Fsp3) is 0.300. The summed E-state index contributed by atoms with van der Waals surface area (Å²) in [7, 11) is 0. The van der Waals surface area contributed by atoms with Crippen molar-refractivity contribution in [3.8, 4) is 0 Å². The predicted octanol–water partition coefficient (Wildman–Crippen LogP) is 5.83. The minimum Gasteiger partial charge on any atom is -0.242 e. The van der Waals surface area contributed by atoms with E-state index >= 15 is 0 Å². The maximum Gasteiger partial charge on any atom is 0.128 e. The zero-order valence-electron chi connectivity index (χ0n) is 12.4. The second kappa shape index (κ2) is 4.56. The molecule has 4 rings (SSSR count). The first-order valence-corrected chi connectivity index (χ1v) is 7.74. The van der Waals surface area contributed by atoms with Crippen molar-refractivity contribution in [3.05, 3.63) is 59.7 Å². The molecule has 106 valence electrons. The van der Waals surface area contributed by atoms with Gasteiger partial charge in [0.15, 0.2) is 0 Å². The van der Waals surface area contributed by atoms with Crippen LogP contribution in [0.5, 0.6) is 0 Å². The highest BCUT2D eigenvalue weighted by Crippen LogP contribution is 2.43. The molecule has 0 radical (unpaired) electrons. The van der Waals surface area contributed by atoms with E-state index in [0.29, 0.717) is 5.92 Å². The molecule has 0 amide bonds. The molecule has 1 aliphatic carbocycles. The van der Waals surface area contributed by atoms with E-state index in [9.17, 15) is 4.39 Å². The van der Waals surface area contributed by atoms with Crippen molar-refractivity contribution >= 4 is 21.5 Å². The first-order valence-electron chi connectivity index (χ1n) is 7.74. The highest BCUT2D eigenvalue weighted by molar-refractivity contribution is 6.08. The Balaban J connectivity index is 2.06. The van der Waals surface area contributed by atoms with Gasteiger partial charge in [-0.25, -0.2) is 4.39 Å². The van der Waals surface area contributed by atoms with Crippen LogP contribution in [0.1, 0.15) is 31.1 Å². The van der Waals surface area contributed by atoms with Crippen LogP contribution in [0.3, 0.4) is 0 Å². The highest BCUT2D eigenvalue weighted by Gasteiger charge is 2.32. The van der Waals surface area contributed by atoms with Crippen molar-refractivity contribution in [3.63, 3.8) is 0 Å². The van der Waals surface area contributed by atoms with Gasteiger partial charge in [-0.3, -0.25) is 0 Å². The SMILES string of the molecule is CC1Cc2c(ccc3c2ccc2ccccc23)C(F)C1C. The number of halogens is 1. The number of benzene rings is 3. The van der Waals surface area contributed by atoms with Gasteiger partial charge in [-0.15, -0.1) is 0 Å². The largest absolute Gasteiger partial charge is 0.242 e. The molecule has 1 heteroatoms. The van der Waals surface area contributed by atoms with Crippen molar-refractivity contribution in [2.24, 2.45) is 11.8 Å². The fourth-order valence-electron chi connectivity index (χ4n) is 3.73. The van der Waals surface area contributed by atoms with Crippen LogP contribution >= 0.6 is 0 Å². The summed E-state index contributed by atoms with van der Waals surface area (Å²) in [6, 6.07) is 16.9. The molecule has 0 bridgehead atoms. The second-order valence-corrected chi connectivity index (χ2v) is 6.46. The third-order valence-corrected chi connectivity index (χ3v) is 5.26. The molecular weight excluding hydrogens is 259 g/mol. The second-order valence-electron chi connectivity index (χ2n) is 6.46. The van der Waals surface area contributed by atoms with E-state index in [4.69, 9.17) is 0 Å². The molecule has 0 N–H and O–H groups in total. The molecule has 0 spiro atoms. The Hall–Kier alpha value is -1.89. The summed E-state index contributed by atoms with van der Waals surface area (Å²) in [5.41, 5.74) is 2.12. The molecular formula is C20H19F. The van der Waals surface area contributed by atoms with E-state index < -0.39 is 6.17 Å². The maximum atomic E-state index is 14.7. The Morgan fingerprint density at radius 3 is 2.48 bits per heavy atom. The quantitative estimate of drug-likeness (QED) is 0.454. The number of fused-ring (bicyclic) bond motifs is 5. The third kappa shape index (κ3) is 1.80. The van der Waals surface area contributed by atoms with Crippen molar-refractivity contribution in [2.75, 3.05) is 0 Å². The van der Waals surface area contributed by atoms with Crippen LogP contribution in [0.25, 0.3) is 21.5 Å². The molecule has 3 unspecified atom stereocenters. The van der Waals surface area contributed by atoms with Crippen LogP contribution in [-0.2, 0) is 6.42 Å². The number of alkyl halides is 1. The lowest BCUT2D eigenvalue weighted by molar-refractivity contribution is 0.173. The minimum atomic E-state index is -0.834. The van der Waals surface area contributed by atoms with Gasteiger partial charge in [0.25, 0.3) is 0 Å². The summed E-state index contributed by atoms with van der Waals surface area (Å²) in [6.07, 6.45) is 0.145. The van der Waals surface area contributed by atoms with E-state index in [1.807, 2.05) is 13.0 Å². The summed E-state index contributed by atoms with van der Waals surface area (Å²) in [5.74, 6) is 0.500. The van der Waals surface area contributed by atoms with Crippen molar-refractivity contribution < 1.29 is 4.39 Å². The molecule has 0 heterocycles. The van der Waals surface area contributed by atoms with Crippen molar-refractivity contribution in [1.82, 2.24) is 0 Å². The van der Waals surface area contributed by atoms with Crippen LogP contribution in [0.2, 0.25) is 0 Å². The topological polar surface area (TPSA) is 0 Å². The average Bonchev–Trinajstić information content (AvgIpc) is 2.52. The molecule has 0 aromatic heterocycles. The van der Waals surface area contributed by atoms with Gasteiger partial charge in [-0.05, 0) is 50.9 Å². The first kappa shape index (κ1) is 12.8. The fourth-order valence-corrected chi connectivity index (χ4v) is 3.73. The van der Waals surface area contributed by atoms with Gasteiger partial charge in [0.2, 0.25) is 0 Å². The molecule has 0 nitrogen and oxygen atoms in total. The van der Waals surface area contributed by atoms with Gasteiger partial charge in [0, 0.05) is 0 Å². The van der Waals surface area contributed by atoms with E-state index in [2.05, 4.69) is 49.4 Å². The molecule has 0 aliphatic heterocycles. The smallest absolute Gasteiger partial charge is 0.128 e. The summed E-state index contributed by atoms with van der Waals surface area (Å²) in [5, 5.41) is 4.99. The molecule has 3 atom stereocenters. The monoisotopic (exact) mass is 278 g/mol. The molecule has 21 heavy (non-hydrogen) atoms. The van der Waals surface area contributed by atoms with E-state index in [1.54, 1.807) is 0 Å². The number of hydrogen-bond acceptors (Lipinski definition) is 0. The van der Waals surface area contributed by atoms with Gasteiger partial charge in [-0.2, -0.15) is 0 Å². The highest BCUT2D eigenvalue weighted by atomic mass is 19.1. The first-order chi connectivity index (χ1) is 10.2. The van der Waals surface area contributed by atoms with Gasteiger partial charge >= 0.3 is 0 Å². The molecule has 0 saturated carbocycles. The maximum absolute atomic E-state index is 14.7. The van der Waals surface area contributed by atoms with E-state index in [-0.39, 0.29) is 5.92 Å². The minimum absolute atomic E-state index is 0.107. The standard InChI is InChI=1S/C20H19F/c1-12-11-19-17-8-7-14-5-3-4-6-15(14)16(17)9-10-18(19)20(21)13(12)2/h3-10,12-13,20H,11H2,1-2H3. The third-order valence-electron chi connectivity index (χ3n) is 5.26. The summed E-state index contributed by atoms with van der Waals surface area (Å²) < 4.78 is 14.7. The molecule has 0 fully saturated rings. The molecule has 0 saturated heterocycles. The Labute approximate surface area is 124 Å². The number of hydrogen-bond donors (Lipinski definition) is 0. The van der Waals surface area contributed by atoms with Gasteiger partial charge in [0.1, 0.15) is 6.17 Å². The van der Waals surface area contributed by atoms with Crippen molar-refractivity contribution in [2.45, 2.75) is 26.4 Å². The lowest BCUT2D eigenvalue weighted by Crippen LogP contribution is -2.23. The normalized spacial score (nSPS) is 25.2. The lowest BCUT2D eigenvalue weighted by Gasteiger charge is -2.32. The van der Waals surface area contributed by atoms with Gasteiger partial charge < -0.3 is 0 Å². The average molecular weight is 278 g/mol. The van der Waals surface area contributed by atoms with E-state index in [1.165, 1.54) is 27.1 Å². The van der Waals surface area contributed by atoms with Gasteiger partial charge in [0.05, 0.1) is 0 Å².